The summed E-state index contributed by atoms with van der Waals surface area (Å²) >= 11 is 0. The summed E-state index contributed by atoms with van der Waals surface area (Å²) in [5.41, 5.74) is 1.25. The molecule has 1 N–H and O–H groups in total. The highest BCUT2D eigenvalue weighted by Gasteiger charge is 1.93. The van der Waals surface area contributed by atoms with Crippen LogP contribution in [0.3, 0.4) is 0 Å². The van der Waals surface area contributed by atoms with Gasteiger partial charge in [0, 0.05) is 5.71 Å². The first-order chi connectivity index (χ1) is 5.35. The van der Waals surface area contributed by atoms with Crippen molar-refractivity contribution in [1.82, 2.24) is 0 Å². The standard InChI is InChI=1S/C9H19NO/c1-3-5-6-9(4-2)10-7-8-11/h11H,3-8H2,1-2H3/b10-9-. The molecule has 2 heteroatoms. The van der Waals surface area contributed by atoms with Crippen molar-refractivity contribution in [1.29, 1.82) is 0 Å². The lowest BCUT2D eigenvalue weighted by Crippen LogP contribution is -1.99. The van der Waals surface area contributed by atoms with Gasteiger partial charge in [-0.3, -0.25) is 4.99 Å². The van der Waals surface area contributed by atoms with Crippen LogP contribution in [0.25, 0.3) is 0 Å². The lowest BCUT2D eigenvalue weighted by Gasteiger charge is -2.01. The van der Waals surface area contributed by atoms with E-state index in [1.54, 1.807) is 0 Å². The molecule has 0 aromatic carbocycles. The molecule has 0 atom stereocenters. The van der Waals surface area contributed by atoms with Crippen molar-refractivity contribution < 1.29 is 5.11 Å². The van der Waals surface area contributed by atoms with E-state index in [0.717, 1.165) is 12.8 Å². The monoisotopic (exact) mass is 157 g/mol. The van der Waals surface area contributed by atoms with Gasteiger partial charge >= 0.3 is 0 Å². The fraction of sp³-hybridized carbons (Fsp3) is 0.889. The van der Waals surface area contributed by atoms with Crippen LogP contribution < -0.4 is 0 Å². The number of unbranched alkanes of at least 4 members (excludes halogenated alkanes) is 1. The van der Waals surface area contributed by atoms with Crippen LogP contribution >= 0.6 is 0 Å². The third kappa shape index (κ3) is 6.05. The quantitative estimate of drug-likeness (QED) is 0.588. The zero-order chi connectivity index (χ0) is 8.53. The van der Waals surface area contributed by atoms with Crippen LogP contribution in [0.4, 0.5) is 0 Å². The van der Waals surface area contributed by atoms with E-state index < -0.39 is 0 Å². The summed E-state index contributed by atoms with van der Waals surface area (Å²) in [5.74, 6) is 0. The number of aliphatic hydroxyl groups is 1. The van der Waals surface area contributed by atoms with Gasteiger partial charge in [-0.2, -0.15) is 0 Å². The van der Waals surface area contributed by atoms with Gasteiger partial charge in [0.25, 0.3) is 0 Å². The number of hydrogen-bond donors (Lipinski definition) is 1. The van der Waals surface area contributed by atoms with Crippen LogP contribution in [0.15, 0.2) is 4.99 Å². The van der Waals surface area contributed by atoms with Crippen molar-refractivity contribution in [2.75, 3.05) is 13.2 Å². The average Bonchev–Trinajstić information content (AvgIpc) is 2.05. The molecule has 0 aromatic rings. The van der Waals surface area contributed by atoms with Crippen molar-refractivity contribution in [3.05, 3.63) is 0 Å². The van der Waals surface area contributed by atoms with Gasteiger partial charge in [0.1, 0.15) is 0 Å². The number of hydrogen-bond acceptors (Lipinski definition) is 2. The van der Waals surface area contributed by atoms with Gasteiger partial charge in [-0.15, -0.1) is 0 Å². The first-order valence-electron chi connectivity index (χ1n) is 4.48. The minimum absolute atomic E-state index is 0.176. The normalized spacial score (nSPS) is 12.1. The lowest BCUT2D eigenvalue weighted by atomic mass is 10.1. The van der Waals surface area contributed by atoms with Crippen LogP contribution in [-0.4, -0.2) is 24.0 Å². The molecule has 0 unspecified atom stereocenters. The van der Waals surface area contributed by atoms with E-state index in [4.69, 9.17) is 5.11 Å². The Morgan fingerprint density at radius 3 is 2.55 bits per heavy atom. The Kier molecular flexibility index (Phi) is 7.47. The summed E-state index contributed by atoms with van der Waals surface area (Å²) in [6.07, 6.45) is 4.57. The lowest BCUT2D eigenvalue weighted by molar-refractivity contribution is 0.306. The average molecular weight is 157 g/mol. The molecule has 0 fully saturated rings. The van der Waals surface area contributed by atoms with E-state index >= 15 is 0 Å². The fourth-order valence-corrected chi connectivity index (χ4v) is 0.957. The van der Waals surface area contributed by atoms with Gasteiger partial charge in [0.15, 0.2) is 0 Å². The van der Waals surface area contributed by atoms with Crippen LogP contribution in [0.5, 0.6) is 0 Å². The predicted octanol–water partition coefficient (Wildman–Crippen LogP) is 2.02. The molecule has 0 spiro atoms. The summed E-state index contributed by atoms with van der Waals surface area (Å²) in [6.45, 7) is 5.05. The Morgan fingerprint density at radius 2 is 2.09 bits per heavy atom. The van der Waals surface area contributed by atoms with Gasteiger partial charge in [0.2, 0.25) is 0 Å². The van der Waals surface area contributed by atoms with Crippen molar-refractivity contribution in [2.45, 2.75) is 39.5 Å². The smallest absolute Gasteiger partial charge is 0.0626 e. The van der Waals surface area contributed by atoms with Gasteiger partial charge in [-0.1, -0.05) is 20.3 Å². The first kappa shape index (κ1) is 10.6. The Labute approximate surface area is 69.3 Å². The molecule has 0 radical (unpaired) electrons. The summed E-state index contributed by atoms with van der Waals surface area (Å²) in [4.78, 5) is 4.26. The molecule has 0 saturated carbocycles. The predicted molar refractivity (Wildman–Crippen MR) is 49.2 cm³/mol. The van der Waals surface area contributed by atoms with Gasteiger partial charge < -0.3 is 5.11 Å². The third-order valence-electron chi connectivity index (χ3n) is 1.66. The molecular formula is C9H19NO. The molecule has 0 rings (SSSR count). The third-order valence-corrected chi connectivity index (χ3v) is 1.66. The van der Waals surface area contributed by atoms with Gasteiger partial charge in [0.05, 0.1) is 13.2 Å². The molecular weight excluding hydrogens is 138 g/mol. The molecule has 0 aliphatic rings. The maximum Gasteiger partial charge on any atom is 0.0626 e. The minimum Gasteiger partial charge on any atom is -0.394 e. The van der Waals surface area contributed by atoms with E-state index in [1.165, 1.54) is 18.6 Å². The van der Waals surface area contributed by atoms with E-state index in [1.807, 2.05) is 0 Å². The van der Waals surface area contributed by atoms with Crippen molar-refractivity contribution in [2.24, 2.45) is 4.99 Å². The highest BCUT2D eigenvalue weighted by Crippen LogP contribution is 2.00. The SMILES string of the molecule is CCCC/C(CC)=N\CCO. The topological polar surface area (TPSA) is 32.6 Å². The highest BCUT2D eigenvalue weighted by atomic mass is 16.3. The van der Waals surface area contributed by atoms with Crippen LogP contribution in [0, 0.1) is 0 Å². The Morgan fingerprint density at radius 1 is 1.36 bits per heavy atom. The van der Waals surface area contributed by atoms with Crippen molar-refractivity contribution >= 4 is 5.71 Å². The Balaban J connectivity index is 3.55. The largest absolute Gasteiger partial charge is 0.394 e. The Bertz CT molecular complexity index is 110. The zero-order valence-electron chi connectivity index (χ0n) is 7.64. The zero-order valence-corrected chi connectivity index (χ0v) is 7.64. The van der Waals surface area contributed by atoms with Gasteiger partial charge in [-0.05, 0) is 19.3 Å². The van der Waals surface area contributed by atoms with Gasteiger partial charge in [-0.25, -0.2) is 0 Å². The second kappa shape index (κ2) is 7.73. The minimum atomic E-state index is 0.176. The first-order valence-corrected chi connectivity index (χ1v) is 4.48. The van der Waals surface area contributed by atoms with Crippen LogP contribution in [0.1, 0.15) is 39.5 Å². The van der Waals surface area contributed by atoms with E-state index in [-0.39, 0.29) is 6.61 Å². The molecule has 2 nitrogen and oxygen atoms in total. The highest BCUT2D eigenvalue weighted by molar-refractivity contribution is 5.84. The molecule has 0 bridgehead atoms. The van der Waals surface area contributed by atoms with E-state index in [0.29, 0.717) is 6.54 Å². The number of nitrogens with zero attached hydrogens (tertiary/aromatic N) is 1. The summed E-state index contributed by atoms with van der Waals surface area (Å²) in [5, 5.41) is 8.53. The second-order valence-corrected chi connectivity index (χ2v) is 2.63. The van der Waals surface area contributed by atoms with Crippen molar-refractivity contribution in [3.8, 4) is 0 Å². The molecule has 0 saturated heterocycles. The fourth-order valence-electron chi connectivity index (χ4n) is 0.957. The molecule has 0 aliphatic carbocycles. The summed E-state index contributed by atoms with van der Waals surface area (Å²) < 4.78 is 0. The van der Waals surface area contributed by atoms with E-state index in [9.17, 15) is 0 Å². The molecule has 0 aliphatic heterocycles. The van der Waals surface area contributed by atoms with Crippen LogP contribution in [-0.2, 0) is 0 Å². The van der Waals surface area contributed by atoms with Crippen LogP contribution in [0.2, 0.25) is 0 Å². The molecule has 66 valence electrons. The van der Waals surface area contributed by atoms with E-state index in [2.05, 4.69) is 18.8 Å². The molecule has 11 heavy (non-hydrogen) atoms. The van der Waals surface area contributed by atoms with Crippen molar-refractivity contribution in [3.63, 3.8) is 0 Å². The number of rotatable bonds is 6. The maximum atomic E-state index is 8.53. The molecule has 0 amide bonds. The number of aliphatic imine (C=N–C) groups is 1. The second-order valence-electron chi connectivity index (χ2n) is 2.63. The molecule has 0 heterocycles. The maximum absolute atomic E-state index is 8.53. The Hall–Kier alpha value is -0.370. The summed E-state index contributed by atoms with van der Waals surface area (Å²) in [6, 6.07) is 0. The summed E-state index contributed by atoms with van der Waals surface area (Å²) in [7, 11) is 0. The molecule has 0 aromatic heterocycles. The number of aliphatic hydroxyl groups excluding tert-OH is 1.